The van der Waals surface area contributed by atoms with E-state index in [0.29, 0.717) is 34.9 Å². The Bertz CT molecular complexity index is 915. The number of nitrogens with zero attached hydrogens (tertiary/aromatic N) is 1. The Balaban J connectivity index is 1.81. The van der Waals surface area contributed by atoms with E-state index in [0.717, 1.165) is 5.56 Å². The number of hydrogen-bond donors (Lipinski definition) is 1. The summed E-state index contributed by atoms with van der Waals surface area (Å²) in [6.07, 6.45) is 0. The molecule has 0 fully saturated rings. The largest absolute Gasteiger partial charge is 0.462 e. The minimum Gasteiger partial charge on any atom is -0.462 e. The Morgan fingerprint density at radius 2 is 1.77 bits per heavy atom. The highest BCUT2D eigenvalue weighted by molar-refractivity contribution is 6.08. The predicted molar refractivity (Wildman–Crippen MR) is 97.0 cm³/mol. The molecule has 0 unspecified atom stereocenters. The van der Waals surface area contributed by atoms with Crippen LogP contribution < -0.4 is 5.32 Å². The first-order chi connectivity index (χ1) is 12.6. The van der Waals surface area contributed by atoms with E-state index >= 15 is 0 Å². The first-order valence-corrected chi connectivity index (χ1v) is 8.20. The van der Waals surface area contributed by atoms with Crippen molar-refractivity contribution in [3.05, 3.63) is 71.5 Å². The van der Waals surface area contributed by atoms with E-state index in [4.69, 9.17) is 9.26 Å². The van der Waals surface area contributed by atoms with E-state index in [1.54, 1.807) is 38.1 Å². The molecule has 0 aliphatic carbocycles. The number of carbonyl (C=O) groups excluding carboxylic acids is 2. The van der Waals surface area contributed by atoms with Crippen LogP contribution in [0.5, 0.6) is 0 Å². The number of aryl methyl sites for hydroxylation is 1. The van der Waals surface area contributed by atoms with Gasteiger partial charge in [0.2, 0.25) is 0 Å². The first-order valence-electron chi connectivity index (χ1n) is 8.20. The maximum Gasteiger partial charge on any atom is 0.338 e. The Morgan fingerprint density at radius 1 is 1.08 bits per heavy atom. The summed E-state index contributed by atoms with van der Waals surface area (Å²) in [5.74, 6) is -0.289. The Kier molecular flexibility index (Phi) is 5.12. The molecule has 0 spiro atoms. The quantitative estimate of drug-likeness (QED) is 0.701. The number of aromatic nitrogens is 1. The monoisotopic (exact) mass is 350 g/mol. The summed E-state index contributed by atoms with van der Waals surface area (Å²) in [5.41, 5.74) is 2.65. The normalized spacial score (nSPS) is 10.4. The number of nitrogens with one attached hydrogen (secondary N) is 1. The number of carbonyl (C=O) groups is 2. The van der Waals surface area contributed by atoms with Crippen LogP contribution in [0, 0.1) is 6.92 Å². The zero-order valence-electron chi connectivity index (χ0n) is 14.5. The van der Waals surface area contributed by atoms with E-state index in [9.17, 15) is 9.59 Å². The van der Waals surface area contributed by atoms with Crippen LogP contribution in [-0.4, -0.2) is 23.6 Å². The van der Waals surface area contributed by atoms with Gasteiger partial charge in [0.25, 0.3) is 5.91 Å². The van der Waals surface area contributed by atoms with Gasteiger partial charge in [0.1, 0.15) is 17.0 Å². The average molecular weight is 350 g/mol. The number of esters is 1. The second-order valence-electron chi connectivity index (χ2n) is 5.58. The standard InChI is InChI=1S/C20H18N2O4/c1-3-25-20(24)15-9-11-16(12-10-15)21-19(23)17-13(2)26-22-18(17)14-7-5-4-6-8-14/h4-12H,3H2,1-2H3,(H,21,23). The van der Waals surface area contributed by atoms with Crippen molar-refractivity contribution in [2.24, 2.45) is 0 Å². The average Bonchev–Trinajstić information content (AvgIpc) is 3.05. The van der Waals surface area contributed by atoms with Crippen LogP contribution in [0.3, 0.4) is 0 Å². The van der Waals surface area contributed by atoms with Gasteiger partial charge >= 0.3 is 5.97 Å². The molecular formula is C20H18N2O4. The van der Waals surface area contributed by atoms with Crippen molar-refractivity contribution in [1.29, 1.82) is 0 Å². The number of hydrogen-bond acceptors (Lipinski definition) is 5. The Hall–Kier alpha value is -3.41. The van der Waals surface area contributed by atoms with Gasteiger partial charge in [-0.3, -0.25) is 4.79 Å². The van der Waals surface area contributed by atoms with Crippen LogP contribution in [0.4, 0.5) is 5.69 Å². The minimum atomic E-state index is -0.397. The molecule has 26 heavy (non-hydrogen) atoms. The molecular weight excluding hydrogens is 332 g/mol. The highest BCUT2D eigenvalue weighted by atomic mass is 16.5. The van der Waals surface area contributed by atoms with Gasteiger partial charge in [-0.2, -0.15) is 0 Å². The zero-order valence-corrected chi connectivity index (χ0v) is 14.5. The fourth-order valence-electron chi connectivity index (χ4n) is 2.53. The lowest BCUT2D eigenvalue weighted by Gasteiger charge is -2.07. The summed E-state index contributed by atoms with van der Waals surface area (Å²) in [6, 6.07) is 15.9. The van der Waals surface area contributed by atoms with E-state index in [2.05, 4.69) is 10.5 Å². The van der Waals surface area contributed by atoms with Crippen molar-refractivity contribution in [1.82, 2.24) is 5.16 Å². The van der Waals surface area contributed by atoms with Crippen LogP contribution in [0.15, 0.2) is 59.1 Å². The van der Waals surface area contributed by atoms with Crippen molar-refractivity contribution >= 4 is 17.6 Å². The molecule has 1 aromatic heterocycles. The third-order valence-electron chi connectivity index (χ3n) is 3.79. The highest BCUT2D eigenvalue weighted by Crippen LogP contribution is 2.26. The molecule has 0 radical (unpaired) electrons. The third kappa shape index (κ3) is 3.64. The summed E-state index contributed by atoms with van der Waals surface area (Å²) in [6.45, 7) is 3.75. The van der Waals surface area contributed by atoms with E-state index in [1.165, 1.54) is 0 Å². The number of amides is 1. The second-order valence-corrected chi connectivity index (χ2v) is 5.58. The van der Waals surface area contributed by atoms with Crippen molar-refractivity contribution in [2.45, 2.75) is 13.8 Å². The van der Waals surface area contributed by atoms with Crippen LogP contribution >= 0.6 is 0 Å². The van der Waals surface area contributed by atoms with E-state index < -0.39 is 5.97 Å². The van der Waals surface area contributed by atoms with Gasteiger partial charge in [0, 0.05) is 11.3 Å². The van der Waals surface area contributed by atoms with Gasteiger partial charge in [0.05, 0.1) is 12.2 Å². The molecule has 3 rings (SSSR count). The smallest absolute Gasteiger partial charge is 0.338 e. The molecule has 0 atom stereocenters. The zero-order chi connectivity index (χ0) is 18.5. The molecule has 0 saturated heterocycles. The van der Waals surface area contributed by atoms with E-state index in [1.807, 2.05) is 30.3 Å². The van der Waals surface area contributed by atoms with Crippen molar-refractivity contribution in [3.63, 3.8) is 0 Å². The lowest BCUT2D eigenvalue weighted by molar-refractivity contribution is 0.0526. The van der Waals surface area contributed by atoms with E-state index in [-0.39, 0.29) is 5.91 Å². The molecule has 6 nitrogen and oxygen atoms in total. The predicted octanol–water partition coefficient (Wildman–Crippen LogP) is 4.08. The Labute approximate surface area is 150 Å². The molecule has 1 amide bonds. The number of ether oxygens (including phenoxy) is 1. The summed E-state index contributed by atoms with van der Waals surface area (Å²) >= 11 is 0. The van der Waals surface area contributed by atoms with Crippen molar-refractivity contribution in [2.75, 3.05) is 11.9 Å². The molecule has 2 aromatic carbocycles. The van der Waals surface area contributed by atoms with Crippen molar-refractivity contribution in [3.8, 4) is 11.3 Å². The topological polar surface area (TPSA) is 81.4 Å². The lowest BCUT2D eigenvalue weighted by Crippen LogP contribution is -2.13. The maximum atomic E-state index is 12.7. The molecule has 1 N–H and O–H groups in total. The summed E-state index contributed by atoms with van der Waals surface area (Å²) < 4.78 is 10.2. The number of rotatable bonds is 5. The molecule has 0 bridgehead atoms. The maximum absolute atomic E-state index is 12.7. The molecule has 132 valence electrons. The summed E-state index contributed by atoms with van der Waals surface area (Å²) in [4.78, 5) is 24.4. The Morgan fingerprint density at radius 3 is 2.42 bits per heavy atom. The number of benzene rings is 2. The van der Waals surface area contributed by atoms with Crippen LogP contribution in [0.2, 0.25) is 0 Å². The fourth-order valence-corrected chi connectivity index (χ4v) is 2.53. The minimum absolute atomic E-state index is 0.312. The van der Waals surface area contributed by atoms with Gasteiger partial charge in [0.15, 0.2) is 0 Å². The van der Waals surface area contributed by atoms with Crippen LogP contribution in [0.25, 0.3) is 11.3 Å². The first kappa shape index (κ1) is 17.4. The van der Waals surface area contributed by atoms with Crippen LogP contribution in [-0.2, 0) is 4.74 Å². The van der Waals surface area contributed by atoms with Gasteiger partial charge in [-0.25, -0.2) is 4.79 Å². The molecule has 0 aliphatic rings. The SMILES string of the molecule is CCOC(=O)c1ccc(NC(=O)c2c(-c3ccccc3)noc2C)cc1. The summed E-state index contributed by atoms with van der Waals surface area (Å²) in [7, 11) is 0. The molecule has 0 saturated carbocycles. The lowest BCUT2D eigenvalue weighted by atomic mass is 10.1. The van der Waals surface area contributed by atoms with Gasteiger partial charge in [-0.05, 0) is 38.1 Å². The third-order valence-corrected chi connectivity index (χ3v) is 3.79. The molecule has 3 aromatic rings. The van der Waals surface area contributed by atoms with Gasteiger partial charge < -0.3 is 14.6 Å². The fraction of sp³-hybridized carbons (Fsp3) is 0.150. The van der Waals surface area contributed by atoms with Crippen LogP contribution in [0.1, 0.15) is 33.4 Å². The summed E-state index contributed by atoms with van der Waals surface area (Å²) in [5, 5.41) is 6.81. The second kappa shape index (κ2) is 7.65. The van der Waals surface area contributed by atoms with Gasteiger partial charge in [-0.1, -0.05) is 35.5 Å². The van der Waals surface area contributed by atoms with Crippen molar-refractivity contribution < 1.29 is 18.8 Å². The molecule has 0 aliphatic heterocycles. The highest BCUT2D eigenvalue weighted by Gasteiger charge is 2.21. The number of anilines is 1. The van der Waals surface area contributed by atoms with Gasteiger partial charge in [-0.15, -0.1) is 0 Å². The molecule has 6 heteroatoms. The molecule has 1 heterocycles.